The number of hydrogen-bond donors (Lipinski definition) is 0. The molecule has 10 rings (SSSR count). The number of hydrogen-bond acceptors (Lipinski definition) is 2. The van der Waals surface area contributed by atoms with Crippen molar-refractivity contribution >= 4 is 75.7 Å². The average Bonchev–Trinajstić information content (AvgIpc) is 3.77. The Bertz CT molecular complexity index is 2800. The summed E-state index contributed by atoms with van der Waals surface area (Å²) < 4.78 is 11.9. The summed E-state index contributed by atoms with van der Waals surface area (Å²) in [6.45, 7) is 4.68. The number of rotatable bonds is 9. The molecule has 264 valence electrons. The largest absolute Gasteiger partial charge is 0.457 e. The monoisotopic (exact) mass is 757 g/mol. The highest BCUT2D eigenvalue weighted by Gasteiger charge is 2.48. The fourth-order valence-electron chi connectivity index (χ4n) is 9.16. The highest BCUT2D eigenvalue weighted by molar-refractivity contribution is 7.20. The molecule has 55 heavy (non-hydrogen) atoms. The van der Waals surface area contributed by atoms with Gasteiger partial charge in [0, 0.05) is 10.3 Å². The van der Waals surface area contributed by atoms with Crippen LogP contribution in [-0.2, 0) is 4.66 Å². The Labute approximate surface area is 327 Å². The van der Waals surface area contributed by atoms with Crippen LogP contribution in [-0.4, -0.2) is 41.1 Å². The van der Waals surface area contributed by atoms with Gasteiger partial charge in [-0.25, -0.2) is 4.98 Å². The van der Waals surface area contributed by atoms with Crippen molar-refractivity contribution in [2.75, 3.05) is 0 Å². The first kappa shape index (κ1) is 33.8. The number of aromatic nitrogens is 3. The quantitative estimate of drug-likeness (QED) is 0.110. The molecular weight excluding hydrogens is 719 g/mol. The summed E-state index contributed by atoms with van der Waals surface area (Å²) in [6.07, 6.45) is 0. The number of fused-ring (bicyclic) bond motifs is 7. The smallest absolute Gasteiger partial charge is 0.220 e. The summed E-state index contributed by atoms with van der Waals surface area (Å²) in [6, 6.07) is 67.0. The van der Waals surface area contributed by atoms with E-state index in [4.69, 9.17) is 9.72 Å². The first-order valence-electron chi connectivity index (χ1n) is 19.2. The van der Waals surface area contributed by atoms with Crippen molar-refractivity contribution in [1.82, 2.24) is 14.0 Å². The normalized spacial score (nSPS) is 13.5. The van der Waals surface area contributed by atoms with Crippen LogP contribution >= 0.6 is 0 Å². The molecule has 1 aliphatic rings. The Morgan fingerprint density at radius 2 is 1.15 bits per heavy atom. The van der Waals surface area contributed by atoms with E-state index in [0.29, 0.717) is 0 Å². The Morgan fingerprint density at radius 3 is 1.87 bits per heavy atom. The maximum atomic E-state index is 7.30. The number of nitrogens with zero attached hydrogens (tertiary/aromatic N) is 3. The Kier molecular flexibility index (Phi) is 8.31. The molecule has 2 aromatic heterocycles. The van der Waals surface area contributed by atoms with Gasteiger partial charge >= 0.3 is 0 Å². The van der Waals surface area contributed by atoms with Crippen molar-refractivity contribution in [2.24, 2.45) is 0 Å². The number of benzene rings is 7. The fraction of sp³-hybridized carbons (Fsp3) is 0.104. The Morgan fingerprint density at radius 1 is 0.564 bits per heavy atom. The predicted molar refractivity (Wildman–Crippen MR) is 233 cm³/mol. The van der Waals surface area contributed by atoms with Crippen molar-refractivity contribution in [1.29, 1.82) is 0 Å². The predicted octanol–water partition coefficient (Wildman–Crippen LogP) is 8.40. The third-order valence-corrected chi connectivity index (χ3v) is 20.0. The van der Waals surface area contributed by atoms with E-state index < -0.39 is 8.07 Å². The molecule has 0 atom stereocenters. The molecule has 0 fully saturated rings. The van der Waals surface area contributed by atoms with Crippen LogP contribution in [0.4, 0.5) is 0 Å². The maximum absolute atomic E-state index is 7.30. The lowest BCUT2D eigenvalue weighted by molar-refractivity contribution is 0.455. The SMILES string of the molecule is CC[Si]C1([Si]CC)c2ccccc2Oc2c1cccc2[Si](c1ccccc1)(c1ccccc1)c1cccc(-n2c3ccccc3n3c4ccccc4nc23)c1. The van der Waals surface area contributed by atoms with E-state index in [1.807, 2.05) is 0 Å². The highest BCUT2D eigenvalue weighted by Crippen LogP contribution is 2.47. The van der Waals surface area contributed by atoms with E-state index in [9.17, 15) is 0 Å². The van der Waals surface area contributed by atoms with Gasteiger partial charge in [-0.2, -0.15) is 0 Å². The van der Waals surface area contributed by atoms with Gasteiger partial charge in [-0.3, -0.25) is 8.97 Å². The van der Waals surface area contributed by atoms with E-state index in [0.717, 1.165) is 76.2 Å². The zero-order valence-electron chi connectivity index (χ0n) is 30.9. The molecule has 4 nitrogen and oxygen atoms in total. The van der Waals surface area contributed by atoms with Crippen molar-refractivity contribution in [3.63, 3.8) is 0 Å². The summed E-state index contributed by atoms with van der Waals surface area (Å²) in [5.74, 6) is 2.95. The first-order chi connectivity index (χ1) is 27.2. The molecule has 0 N–H and O–H groups in total. The summed E-state index contributed by atoms with van der Waals surface area (Å²) in [7, 11) is -1.58. The third-order valence-electron chi connectivity index (χ3n) is 11.3. The molecule has 9 aromatic rings. The molecule has 0 unspecified atom stereocenters. The van der Waals surface area contributed by atoms with Crippen LogP contribution < -0.4 is 25.5 Å². The molecule has 0 amide bonds. The van der Waals surface area contributed by atoms with E-state index in [-0.39, 0.29) is 4.66 Å². The van der Waals surface area contributed by atoms with Crippen molar-refractivity contribution < 1.29 is 4.74 Å². The van der Waals surface area contributed by atoms with Crippen molar-refractivity contribution in [3.05, 3.63) is 187 Å². The van der Waals surface area contributed by atoms with Gasteiger partial charge in [-0.1, -0.05) is 159 Å². The number of imidazole rings is 2. The number of para-hydroxylation sites is 6. The van der Waals surface area contributed by atoms with Crippen LogP contribution in [0.25, 0.3) is 33.5 Å². The zero-order valence-corrected chi connectivity index (χ0v) is 33.9. The maximum Gasteiger partial charge on any atom is 0.220 e. The molecular formula is C48H39N3OSi3. The molecule has 3 heterocycles. The van der Waals surface area contributed by atoms with Gasteiger partial charge in [0.25, 0.3) is 0 Å². The van der Waals surface area contributed by atoms with Gasteiger partial charge in [0.15, 0.2) is 8.07 Å². The molecule has 7 heteroatoms. The second-order valence-corrected chi connectivity index (χ2v) is 22.1. The van der Waals surface area contributed by atoms with Gasteiger partial charge in [0.1, 0.15) is 11.5 Å². The fourth-order valence-corrected chi connectivity index (χ4v) is 18.2. The van der Waals surface area contributed by atoms with Crippen LogP contribution in [0.5, 0.6) is 11.5 Å². The topological polar surface area (TPSA) is 31.5 Å². The van der Waals surface area contributed by atoms with Gasteiger partial charge < -0.3 is 4.74 Å². The van der Waals surface area contributed by atoms with Gasteiger partial charge in [0.05, 0.1) is 41.1 Å². The molecule has 0 bridgehead atoms. The molecule has 0 saturated carbocycles. The van der Waals surface area contributed by atoms with Gasteiger partial charge in [0.2, 0.25) is 5.78 Å². The molecule has 0 spiro atoms. The molecule has 7 aromatic carbocycles. The summed E-state index contributed by atoms with van der Waals surface area (Å²) in [4.78, 5) is 5.24. The summed E-state index contributed by atoms with van der Waals surface area (Å²) in [5.41, 5.74) is 8.13. The standard InChI is InChI=1S/C48H39N3OSi3/c1-3-53-48(54-4-2)38-25-11-16-31-44(38)52-46-39(48)26-18-32-45(46)55(35-20-7-5-8-21-35,36-22-9-6-10-23-36)37-24-17-19-34(33-37)50-42-29-14-15-30-43(42)51-41-28-13-12-27-40(41)49-47(50)51/h5-33H,3-4H2,1-2H3. The molecule has 4 radical (unpaired) electrons. The Hall–Kier alpha value is -5.74. The third kappa shape index (κ3) is 5.03. The van der Waals surface area contributed by atoms with Crippen LogP contribution in [0, 0.1) is 0 Å². The lowest BCUT2D eigenvalue weighted by Gasteiger charge is -2.43. The molecule has 0 saturated heterocycles. The van der Waals surface area contributed by atoms with E-state index in [1.165, 1.54) is 31.9 Å². The summed E-state index contributed by atoms with van der Waals surface area (Å²) in [5, 5.41) is 5.23. The van der Waals surface area contributed by atoms with Crippen LogP contribution in [0.1, 0.15) is 25.0 Å². The Balaban J connectivity index is 1.31. The molecule has 0 aliphatic carbocycles. The highest BCUT2D eigenvalue weighted by atomic mass is 28.3. The van der Waals surface area contributed by atoms with Crippen LogP contribution in [0.2, 0.25) is 12.1 Å². The lowest BCUT2D eigenvalue weighted by Crippen LogP contribution is -2.75. The van der Waals surface area contributed by atoms with Crippen molar-refractivity contribution in [2.45, 2.75) is 30.6 Å². The second kappa shape index (κ2) is 13.5. The lowest BCUT2D eigenvalue weighted by atomic mass is 9.98. The van der Waals surface area contributed by atoms with E-state index >= 15 is 0 Å². The average molecular weight is 758 g/mol. The van der Waals surface area contributed by atoms with Gasteiger partial charge in [-0.15, -0.1) is 0 Å². The van der Waals surface area contributed by atoms with Gasteiger partial charge in [-0.05, 0) is 74.3 Å². The van der Waals surface area contributed by atoms with Crippen LogP contribution in [0.3, 0.4) is 0 Å². The molecule has 1 aliphatic heterocycles. The summed E-state index contributed by atoms with van der Waals surface area (Å²) >= 11 is 0. The second-order valence-electron chi connectivity index (χ2n) is 14.2. The zero-order chi connectivity index (χ0) is 37.0. The number of ether oxygens (including phenoxy) is 1. The van der Waals surface area contributed by atoms with Crippen LogP contribution in [0.15, 0.2) is 176 Å². The van der Waals surface area contributed by atoms with Crippen molar-refractivity contribution in [3.8, 4) is 17.2 Å². The minimum Gasteiger partial charge on any atom is -0.457 e. The minimum atomic E-state index is -3.08. The minimum absolute atomic E-state index is 0.0859. The van der Waals surface area contributed by atoms with E-state index in [2.05, 4.69) is 199 Å². The first-order valence-corrected chi connectivity index (χ1v) is 23.6. The van der Waals surface area contributed by atoms with E-state index in [1.54, 1.807) is 0 Å².